The molecular formula is C15H22N2O2S. The van der Waals surface area contributed by atoms with E-state index in [-0.39, 0.29) is 24.1 Å². The van der Waals surface area contributed by atoms with Crippen molar-refractivity contribution in [1.82, 2.24) is 10.6 Å². The second-order valence-electron chi connectivity index (χ2n) is 5.24. The second kappa shape index (κ2) is 6.99. The summed E-state index contributed by atoms with van der Waals surface area (Å²) < 4.78 is 5.68. The van der Waals surface area contributed by atoms with Gasteiger partial charge >= 0.3 is 0 Å². The molecule has 0 bridgehead atoms. The van der Waals surface area contributed by atoms with Crippen LogP contribution in [-0.4, -0.2) is 29.7 Å². The summed E-state index contributed by atoms with van der Waals surface area (Å²) in [5.74, 6) is 2.60. The molecular weight excluding hydrogens is 272 g/mol. The van der Waals surface area contributed by atoms with Gasteiger partial charge in [0.1, 0.15) is 5.75 Å². The van der Waals surface area contributed by atoms with E-state index in [0.717, 1.165) is 22.9 Å². The van der Waals surface area contributed by atoms with Gasteiger partial charge in [-0.1, -0.05) is 12.1 Å². The Labute approximate surface area is 124 Å². The van der Waals surface area contributed by atoms with Crippen LogP contribution >= 0.6 is 11.8 Å². The van der Waals surface area contributed by atoms with Crippen LogP contribution in [0.3, 0.4) is 0 Å². The van der Waals surface area contributed by atoms with Crippen molar-refractivity contribution >= 4 is 17.7 Å². The quantitative estimate of drug-likeness (QED) is 0.875. The number of thioether (sulfide) groups is 1. The number of nitrogens with one attached hydrogen (secondary N) is 2. The van der Waals surface area contributed by atoms with Crippen LogP contribution in [0, 0.1) is 0 Å². The minimum atomic E-state index is -0.0717. The topological polar surface area (TPSA) is 50.4 Å². The summed E-state index contributed by atoms with van der Waals surface area (Å²) in [6.45, 7) is 6.00. The fraction of sp³-hybridized carbons (Fsp3) is 0.533. The maximum Gasteiger partial charge on any atom is 0.238 e. The summed E-state index contributed by atoms with van der Waals surface area (Å²) in [5, 5.41) is 6.23. The summed E-state index contributed by atoms with van der Waals surface area (Å²) in [6, 6.07) is 7.80. The number of carbonyl (C=O) groups excluding carboxylic acids is 1. The lowest BCUT2D eigenvalue weighted by molar-refractivity contribution is -0.123. The van der Waals surface area contributed by atoms with E-state index in [2.05, 4.69) is 10.6 Å². The van der Waals surface area contributed by atoms with Crippen molar-refractivity contribution in [3.8, 4) is 5.75 Å². The van der Waals surface area contributed by atoms with Crippen LogP contribution in [0.1, 0.15) is 32.4 Å². The van der Waals surface area contributed by atoms with Gasteiger partial charge in [-0.3, -0.25) is 10.1 Å². The van der Waals surface area contributed by atoms with E-state index in [1.165, 1.54) is 0 Å². The third-order valence-electron chi connectivity index (χ3n) is 3.12. The van der Waals surface area contributed by atoms with Gasteiger partial charge < -0.3 is 10.1 Å². The van der Waals surface area contributed by atoms with Crippen molar-refractivity contribution in [3.05, 3.63) is 29.8 Å². The first kappa shape index (κ1) is 15.2. The van der Waals surface area contributed by atoms with Crippen molar-refractivity contribution in [1.29, 1.82) is 0 Å². The highest BCUT2D eigenvalue weighted by Gasteiger charge is 2.23. The maximum absolute atomic E-state index is 12.1. The van der Waals surface area contributed by atoms with Gasteiger partial charge in [-0.15, -0.1) is 11.8 Å². The Morgan fingerprint density at radius 3 is 2.90 bits per heavy atom. The lowest BCUT2D eigenvalue weighted by Crippen LogP contribution is -2.42. The molecule has 2 N–H and O–H groups in total. The molecule has 1 saturated heterocycles. The molecule has 1 heterocycles. The van der Waals surface area contributed by atoms with Crippen molar-refractivity contribution in [2.24, 2.45) is 0 Å². The Kier molecular flexibility index (Phi) is 5.31. The van der Waals surface area contributed by atoms with E-state index in [1.54, 1.807) is 11.8 Å². The Morgan fingerprint density at radius 2 is 2.25 bits per heavy atom. The van der Waals surface area contributed by atoms with E-state index in [0.29, 0.717) is 0 Å². The third kappa shape index (κ3) is 4.15. The molecule has 1 fully saturated rings. The Bertz CT molecular complexity index is 459. The van der Waals surface area contributed by atoms with E-state index < -0.39 is 0 Å². The first-order valence-corrected chi connectivity index (χ1v) is 8.10. The summed E-state index contributed by atoms with van der Waals surface area (Å²) >= 11 is 1.75. The van der Waals surface area contributed by atoms with Crippen LogP contribution in [0.25, 0.3) is 0 Å². The largest absolute Gasteiger partial charge is 0.491 e. The minimum Gasteiger partial charge on any atom is -0.491 e. The van der Waals surface area contributed by atoms with Crippen LogP contribution in [0.15, 0.2) is 24.3 Å². The van der Waals surface area contributed by atoms with Gasteiger partial charge in [0.05, 0.1) is 18.2 Å². The lowest BCUT2D eigenvalue weighted by Gasteiger charge is -2.18. The van der Waals surface area contributed by atoms with Crippen LogP contribution in [0.5, 0.6) is 5.75 Å². The molecule has 20 heavy (non-hydrogen) atoms. The molecule has 2 atom stereocenters. The van der Waals surface area contributed by atoms with Gasteiger partial charge in [0.25, 0.3) is 0 Å². The van der Waals surface area contributed by atoms with Crippen LogP contribution in [0.2, 0.25) is 0 Å². The first-order chi connectivity index (χ1) is 9.56. The zero-order chi connectivity index (χ0) is 14.5. The number of amides is 1. The van der Waals surface area contributed by atoms with Crippen LogP contribution in [0.4, 0.5) is 0 Å². The molecule has 1 amide bonds. The predicted octanol–water partition coefficient (Wildman–Crippen LogP) is 2.31. The Morgan fingerprint density at radius 1 is 1.45 bits per heavy atom. The van der Waals surface area contributed by atoms with Crippen LogP contribution < -0.4 is 15.4 Å². The summed E-state index contributed by atoms with van der Waals surface area (Å²) in [6.07, 6.45) is 0.148. The third-order valence-corrected chi connectivity index (χ3v) is 4.06. The fourth-order valence-corrected chi connectivity index (χ4v) is 3.03. The predicted molar refractivity (Wildman–Crippen MR) is 83.0 cm³/mol. The molecule has 0 spiro atoms. The van der Waals surface area contributed by atoms with Crippen molar-refractivity contribution in [3.63, 3.8) is 0 Å². The summed E-state index contributed by atoms with van der Waals surface area (Å²) in [7, 11) is 0. The highest BCUT2D eigenvalue weighted by Crippen LogP contribution is 2.20. The number of benzene rings is 1. The zero-order valence-corrected chi connectivity index (χ0v) is 13.0. The van der Waals surface area contributed by atoms with E-state index in [9.17, 15) is 4.79 Å². The van der Waals surface area contributed by atoms with E-state index in [1.807, 2.05) is 45.0 Å². The molecule has 0 aromatic heterocycles. The standard InChI is InChI=1S/C15H22N2O2S/c1-10(2)19-13-6-4-5-12(7-13)11(3)17-15(18)14-8-20-9-16-14/h4-7,10-11,14,16H,8-9H2,1-3H3,(H,17,18). The summed E-state index contributed by atoms with van der Waals surface area (Å²) in [5.41, 5.74) is 1.06. The highest BCUT2D eigenvalue weighted by atomic mass is 32.2. The average Bonchev–Trinajstić information content (AvgIpc) is 2.92. The van der Waals surface area contributed by atoms with Crippen molar-refractivity contribution in [2.45, 2.75) is 39.0 Å². The Hall–Kier alpha value is -1.20. The molecule has 1 aliphatic heterocycles. The van der Waals surface area contributed by atoms with Crippen LogP contribution in [-0.2, 0) is 4.79 Å². The zero-order valence-electron chi connectivity index (χ0n) is 12.2. The van der Waals surface area contributed by atoms with Gasteiger partial charge in [-0.25, -0.2) is 0 Å². The van der Waals surface area contributed by atoms with Crippen molar-refractivity contribution in [2.75, 3.05) is 11.6 Å². The number of carbonyl (C=O) groups is 1. The molecule has 1 aromatic carbocycles. The molecule has 1 aromatic rings. The molecule has 1 aliphatic rings. The monoisotopic (exact) mass is 294 g/mol. The molecule has 110 valence electrons. The molecule has 4 nitrogen and oxygen atoms in total. The van der Waals surface area contributed by atoms with Gasteiger partial charge in [0.15, 0.2) is 0 Å². The first-order valence-electron chi connectivity index (χ1n) is 6.94. The maximum atomic E-state index is 12.1. The van der Waals surface area contributed by atoms with Crippen molar-refractivity contribution < 1.29 is 9.53 Å². The molecule has 0 saturated carbocycles. The van der Waals surface area contributed by atoms with E-state index >= 15 is 0 Å². The van der Waals surface area contributed by atoms with Gasteiger partial charge in [-0.2, -0.15) is 0 Å². The minimum absolute atomic E-state index is 0.0226. The molecule has 0 radical (unpaired) electrons. The second-order valence-corrected chi connectivity index (χ2v) is 6.27. The van der Waals surface area contributed by atoms with Gasteiger partial charge in [0, 0.05) is 11.6 Å². The normalized spacial score (nSPS) is 19.9. The number of ether oxygens (including phenoxy) is 1. The average molecular weight is 294 g/mol. The molecule has 2 unspecified atom stereocenters. The lowest BCUT2D eigenvalue weighted by atomic mass is 10.1. The van der Waals surface area contributed by atoms with Gasteiger partial charge in [0.2, 0.25) is 5.91 Å². The fourth-order valence-electron chi connectivity index (χ4n) is 2.09. The smallest absolute Gasteiger partial charge is 0.238 e. The summed E-state index contributed by atoms with van der Waals surface area (Å²) in [4.78, 5) is 12.1. The van der Waals surface area contributed by atoms with Gasteiger partial charge in [-0.05, 0) is 38.5 Å². The highest BCUT2D eigenvalue weighted by molar-refractivity contribution is 7.99. The Balaban J connectivity index is 1.97. The molecule has 5 heteroatoms. The number of hydrogen-bond acceptors (Lipinski definition) is 4. The molecule has 0 aliphatic carbocycles. The SMILES string of the molecule is CC(C)Oc1cccc(C(C)NC(=O)C2CSCN2)c1. The van der Waals surface area contributed by atoms with E-state index in [4.69, 9.17) is 4.74 Å². The number of hydrogen-bond donors (Lipinski definition) is 2. The molecule has 2 rings (SSSR count). The number of rotatable bonds is 5.